The highest BCUT2D eigenvalue weighted by molar-refractivity contribution is 5.91. The number of halogens is 10. The van der Waals surface area contributed by atoms with Crippen LogP contribution in [0.5, 0.6) is 23.3 Å². The van der Waals surface area contributed by atoms with Crippen molar-refractivity contribution in [3.8, 4) is 23.3 Å². The predicted molar refractivity (Wildman–Crippen MR) is 359 cm³/mol. The number of hydrogen-bond donors (Lipinski definition) is 4. The van der Waals surface area contributed by atoms with Gasteiger partial charge in [-0.1, -0.05) is 66.9 Å². The number of fused-ring (bicyclic) bond motifs is 2. The molecule has 2 aliphatic heterocycles. The highest BCUT2D eigenvalue weighted by Crippen LogP contribution is 2.41. The normalized spacial score (nSPS) is 21.0. The molecule has 4 fully saturated rings. The molecule has 2 aromatic carbocycles. The first-order valence-corrected chi connectivity index (χ1v) is 33.4. The van der Waals surface area contributed by atoms with Gasteiger partial charge in [0.25, 0.3) is 0 Å². The van der Waals surface area contributed by atoms with E-state index in [9.17, 15) is 78.9 Å². The van der Waals surface area contributed by atoms with E-state index in [1.165, 1.54) is 0 Å². The van der Waals surface area contributed by atoms with Crippen molar-refractivity contribution in [2.45, 2.75) is 205 Å². The van der Waals surface area contributed by atoms with E-state index in [2.05, 4.69) is 66.4 Å². The van der Waals surface area contributed by atoms with E-state index in [0.29, 0.717) is 19.4 Å². The number of benzene rings is 2. The van der Waals surface area contributed by atoms with Gasteiger partial charge in [-0.15, -0.1) is 39.5 Å². The number of nitrogens with zero attached hydrogens (tertiary/aromatic N) is 6. The maximum Gasteiger partial charge on any atom is 0.573 e. The van der Waals surface area contributed by atoms with Crippen LogP contribution in [0.3, 0.4) is 0 Å². The highest BCUT2D eigenvalue weighted by atomic mass is 19.4. The molecule has 2 aromatic heterocycles. The number of hydrogen-bond acceptors (Lipinski definition) is 21. The molecule has 4 heterocycles. The summed E-state index contributed by atoms with van der Waals surface area (Å²) in [6.45, 7) is 28.5. The second-order valence-electron chi connectivity index (χ2n) is 28.1. The van der Waals surface area contributed by atoms with Crippen LogP contribution in [0.25, 0.3) is 22.1 Å². The van der Waals surface area contributed by atoms with Crippen molar-refractivity contribution in [2.24, 2.45) is 10.8 Å². The van der Waals surface area contributed by atoms with Crippen molar-refractivity contribution in [3.05, 3.63) is 98.4 Å². The summed E-state index contributed by atoms with van der Waals surface area (Å²) in [4.78, 5) is 105. The molecule has 4 aromatic rings. The van der Waals surface area contributed by atoms with Crippen LogP contribution in [0.1, 0.15) is 125 Å². The molecule has 0 bridgehead atoms. The standard InChI is InChI=1S/C33H39F5N4O8.C22H22F5N3O6.C15H25NO5/c1-7-14-47-23-10-9-11-24(23)49-30(45)41-26(31(3,4)5)28(43)42-17-19(16-22(42)29(44)46-6)48-27-25(32(34,35)8-2)39-21-15-18(50-33(36,37)38)12-13-20(21)40-27;1-5-21(23,24)16-17(29-13-7-6-11(8-14(13)28-16)35-22(25,26)27)34-12-9-15(18(31)32)30(10-12)19(33)36-20(2,3)4;1-5-9-20-10-7-6-8-11(10)21-14(19)16-12(13(17)18)15(2,3)4/h7-8,12-13,15,19,22-24,26H,1-2,9-11,14,16-17H2,3-6H3,(H,41,45);5-8,12,15H,1,9-10H2,2-4H3,(H,31,32);5,10-12H,1,6-9H2,2-4H3,(H,16,19)(H,17,18)/t19-,22+,23-,24-,26-;12-,15+;10-,11-,12-/m111/s1. The number of likely N-dealkylation sites (tertiary alicyclic amines) is 2. The summed E-state index contributed by atoms with van der Waals surface area (Å²) in [7, 11) is 1.11. The van der Waals surface area contributed by atoms with Crippen molar-refractivity contribution in [1.29, 1.82) is 0 Å². The molecule has 2 saturated carbocycles. The lowest BCUT2D eigenvalue weighted by molar-refractivity contribution is -0.275. The third kappa shape index (κ3) is 24.4. The number of carbonyl (C=O) groups is 7. The Kier molecular flexibility index (Phi) is 28.4. The first-order chi connectivity index (χ1) is 49.6. The highest BCUT2D eigenvalue weighted by Gasteiger charge is 2.49. The van der Waals surface area contributed by atoms with E-state index in [1.807, 2.05) is 0 Å². The van der Waals surface area contributed by atoms with Crippen LogP contribution in [0.2, 0.25) is 0 Å². The van der Waals surface area contributed by atoms with Crippen LogP contribution in [-0.4, -0.2) is 195 Å². The van der Waals surface area contributed by atoms with Gasteiger partial charge in [-0.25, -0.2) is 48.7 Å². The Morgan fingerprint density at radius 2 is 0.963 bits per heavy atom. The Hall–Kier alpha value is -9.81. The summed E-state index contributed by atoms with van der Waals surface area (Å²) >= 11 is 0. The number of alkyl halides is 10. The van der Waals surface area contributed by atoms with Crippen molar-refractivity contribution in [3.63, 3.8) is 0 Å². The molecule has 8 rings (SSSR count). The number of methoxy groups -OCH3 is 1. The van der Waals surface area contributed by atoms with Gasteiger partial charge >= 0.3 is 60.8 Å². The number of ether oxygens (including phenoxy) is 10. The Labute approximate surface area is 608 Å². The molecule has 2 aliphatic carbocycles. The molecule has 107 heavy (non-hydrogen) atoms. The second kappa shape index (κ2) is 35.3. The fourth-order valence-electron chi connectivity index (χ4n) is 11.5. The number of allylic oxidation sites excluding steroid dienone is 2. The molecule has 0 spiro atoms. The largest absolute Gasteiger partial charge is 0.573 e. The van der Waals surface area contributed by atoms with Crippen LogP contribution in [0.4, 0.5) is 58.3 Å². The Bertz CT molecular complexity index is 3880. The minimum absolute atomic E-state index is 0.0973. The van der Waals surface area contributed by atoms with Gasteiger partial charge < -0.3 is 73.1 Å². The zero-order chi connectivity index (χ0) is 80.1. The molecule has 10 atom stereocenters. The van der Waals surface area contributed by atoms with Crippen LogP contribution in [0, 0.1) is 10.8 Å². The van der Waals surface area contributed by atoms with Crippen LogP contribution < -0.4 is 29.6 Å². The number of esters is 1. The summed E-state index contributed by atoms with van der Waals surface area (Å²) in [6, 6.07) is 0.728. The first-order valence-electron chi connectivity index (χ1n) is 33.4. The number of nitrogens with one attached hydrogen (secondary N) is 2. The maximum absolute atomic E-state index is 15.1. The molecule has 37 heteroatoms. The summed E-state index contributed by atoms with van der Waals surface area (Å²) in [5.74, 6) is -14.4. The fourth-order valence-corrected chi connectivity index (χ4v) is 11.5. The Morgan fingerprint density at radius 3 is 1.33 bits per heavy atom. The average Bonchev–Trinajstić information content (AvgIpc) is 1.70. The first kappa shape index (κ1) is 86.1. The lowest BCUT2D eigenvalue weighted by Gasteiger charge is -2.35. The van der Waals surface area contributed by atoms with E-state index < -0.39 is 160 Å². The van der Waals surface area contributed by atoms with E-state index in [-0.39, 0.29) is 85.1 Å². The van der Waals surface area contributed by atoms with Gasteiger partial charge in [0, 0.05) is 25.0 Å². The van der Waals surface area contributed by atoms with Crippen molar-refractivity contribution < 1.29 is 135 Å². The molecule has 4 aliphatic rings. The number of rotatable bonds is 24. The molecular weight excluding hydrogens is 1450 g/mol. The third-order valence-corrected chi connectivity index (χ3v) is 16.5. The van der Waals surface area contributed by atoms with Gasteiger partial charge in [0.15, 0.2) is 11.4 Å². The molecule has 0 unspecified atom stereocenters. The number of carbonyl (C=O) groups excluding carboxylic acids is 5. The van der Waals surface area contributed by atoms with Crippen LogP contribution in [0.15, 0.2) is 87.0 Å². The van der Waals surface area contributed by atoms with Gasteiger partial charge in [0.05, 0.1) is 67.7 Å². The number of alkyl carbamates (subject to hydrolysis) is 2. The van der Waals surface area contributed by atoms with Crippen molar-refractivity contribution in [1.82, 2.24) is 40.4 Å². The summed E-state index contributed by atoms with van der Waals surface area (Å²) in [5, 5.41) is 23.8. The zero-order valence-corrected chi connectivity index (χ0v) is 60.2. The molecule has 2 saturated heterocycles. The van der Waals surface area contributed by atoms with E-state index in [1.54, 1.807) is 74.5 Å². The van der Waals surface area contributed by atoms with E-state index >= 15 is 8.78 Å². The lowest BCUT2D eigenvalue weighted by Crippen LogP contribution is -2.57. The Balaban J connectivity index is 0.000000273. The quantitative estimate of drug-likeness (QED) is 0.0219. The Morgan fingerprint density at radius 1 is 0.561 bits per heavy atom. The number of aliphatic carboxylic acids is 2. The molecule has 590 valence electrons. The van der Waals surface area contributed by atoms with Gasteiger partial charge in [-0.2, -0.15) is 17.6 Å². The molecule has 4 N–H and O–H groups in total. The van der Waals surface area contributed by atoms with E-state index in [4.69, 9.17) is 37.9 Å². The SMILES string of the molecule is C=CC(F)(F)c1nc2cc(OC(F)(F)F)ccc2nc1O[C@@H]1C[C@@H](C(=O)O)N(C(=O)OC(C)(C)C)C1.C=CCO[C@@H]1CCC[C@H]1OC(=O)N[C@H](C(=O)N1C[C@H](Oc2nc3ccc(OC(F)(F)F)cc3nc2C(F)(F)C=C)C[C@H]1C(=O)OC)C(C)(C)C.C=CCO[C@@H]1CCC[C@H]1OC(=O)N[C@H](C(=O)O)C(C)(C)C. The van der Waals surface area contributed by atoms with Gasteiger partial charge in [0.1, 0.15) is 65.7 Å². The maximum atomic E-state index is 15.1. The number of carboxylic acids is 2. The summed E-state index contributed by atoms with van der Waals surface area (Å²) in [5.41, 5.74) is -5.44. The van der Waals surface area contributed by atoms with Crippen molar-refractivity contribution in [2.75, 3.05) is 33.4 Å². The fraction of sp³-hybridized carbons (Fsp3) is 0.557. The van der Waals surface area contributed by atoms with Gasteiger partial charge in [-0.3, -0.25) is 9.69 Å². The third-order valence-electron chi connectivity index (χ3n) is 16.5. The van der Waals surface area contributed by atoms with Crippen molar-refractivity contribution >= 4 is 64.2 Å². The van der Waals surface area contributed by atoms with Gasteiger partial charge in [0.2, 0.25) is 17.7 Å². The predicted octanol–water partition coefficient (Wildman–Crippen LogP) is 12.6. The lowest BCUT2D eigenvalue weighted by atomic mass is 9.85. The summed E-state index contributed by atoms with van der Waals surface area (Å²) < 4.78 is 187. The molecular formula is C70H86F10N8O19. The topological polar surface area (TPSA) is 334 Å². The van der Waals surface area contributed by atoms with Gasteiger partial charge in [-0.05, 0) is 107 Å². The average molecular weight is 1530 g/mol. The zero-order valence-electron chi connectivity index (χ0n) is 60.2. The number of carboxylic acid groups (broad SMARTS) is 2. The van der Waals surface area contributed by atoms with Crippen LogP contribution >= 0.6 is 0 Å². The van der Waals surface area contributed by atoms with Crippen LogP contribution in [-0.2, 0) is 59.4 Å². The number of amides is 4. The molecule has 4 amide bonds. The second-order valence-corrected chi connectivity index (χ2v) is 28.1. The molecule has 27 nitrogen and oxygen atoms in total. The minimum Gasteiger partial charge on any atom is -0.480 e. The summed E-state index contributed by atoms with van der Waals surface area (Å²) in [6.07, 6.45) is -8.42. The smallest absolute Gasteiger partial charge is 0.480 e. The van der Waals surface area contributed by atoms with E-state index in [0.717, 1.165) is 79.0 Å². The minimum atomic E-state index is -5.04. The molecule has 0 radical (unpaired) electrons. The number of aromatic nitrogens is 4. The monoisotopic (exact) mass is 1530 g/mol.